The molecule has 0 fully saturated rings. The van der Waals surface area contributed by atoms with Crippen molar-refractivity contribution >= 4 is 5.91 Å². The molecule has 2 unspecified atom stereocenters. The Kier molecular flexibility index (Phi) is 3.22. The fraction of sp³-hybridized carbons (Fsp3) is 0.417. The molecule has 0 bridgehead atoms. The highest BCUT2D eigenvalue weighted by Crippen LogP contribution is 2.30. The molecule has 0 saturated heterocycles. The van der Waals surface area contributed by atoms with Gasteiger partial charge in [0.05, 0.1) is 6.61 Å². The average molecular weight is 220 g/mol. The fourth-order valence-electron chi connectivity index (χ4n) is 2.20. The second-order valence-electron chi connectivity index (χ2n) is 4.09. The minimum atomic E-state index is -0.656. The SMILES string of the molecule is NC(=O)C(CO)NC1CCc2ccccc21. The second-order valence-corrected chi connectivity index (χ2v) is 4.09. The monoisotopic (exact) mass is 220 g/mol. The summed E-state index contributed by atoms with van der Waals surface area (Å²) >= 11 is 0. The molecular formula is C12H16N2O2. The van der Waals surface area contributed by atoms with Crippen LogP contribution >= 0.6 is 0 Å². The highest BCUT2D eigenvalue weighted by molar-refractivity contribution is 5.80. The Bertz CT molecular complexity index is 392. The van der Waals surface area contributed by atoms with Crippen molar-refractivity contribution in [1.82, 2.24) is 5.32 Å². The smallest absolute Gasteiger partial charge is 0.236 e. The predicted molar refractivity (Wildman–Crippen MR) is 60.7 cm³/mol. The molecule has 0 aliphatic heterocycles. The van der Waals surface area contributed by atoms with Gasteiger partial charge in [-0.1, -0.05) is 24.3 Å². The van der Waals surface area contributed by atoms with E-state index in [2.05, 4.69) is 17.4 Å². The molecule has 4 nitrogen and oxygen atoms in total. The number of carbonyl (C=O) groups is 1. The van der Waals surface area contributed by atoms with Crippen LogP contribution in [0.1, 0.15) is 23.6 Å². The Morgan fingerprint density at radius 3 is 3.00 bits per heavy atom. The normalized spacial score (nSPS) is 20.4. The first-order valence-corrected chi connectivity index (χ1v) is 5.46. The molecule has 86 valence electrons. The molecule has 2 rings (SSSR count). The van der Waals surface area contributed by atoms with Crippen molar-refractivity contribution in [3.8, 4) is 0 Å². The number of aryl methyl sites for hydroxylation is 1. The van der Waals surface area contributed by atoms with Gasteiger partial charge in [-0.05, 0) is 24.0 Å². The minimum Gasteiger partial charge on any atom is -0.394 e. The van der Waals surface area contributed by atoms with Crippen LogP contribution in [0.2, 0.25) is 0 Å². The number of nitrogens with one attached hydrogen (secondary N) is 1. The summed E-state index contributed by atoms with van der Waals surface area (Å²) in [7, 11) is 0. The van der Waals surface area contributed by atoms with Crippen LogP contribution in [0, 0.1) is 0 Å². The van der Waals surface area contributed by atoms with Crippen molar-refractivity contribution in [3.63, 3.8) is 0 Å². The number of rotatable bonds is 4. The molecule has 1 aliphatic carbocycles. The third-order valence-electron chi connectivity index (χ3n) is 3.06. The zero-order chi connectivity index (χ0) is 11.5. The summed E-state index contributed by atoms with van der Waals surface area (Å²) in [5, 5.41) is 12.1. The standard InChI is InChI=1S/C12H16N2O2/c13-12(16)11(7-15)14-10-6-5-8-3-1-2-4-9(8)10/h1-4,10-11,14-15H,5-7H2,(H2,13,16). The summed E-state index contributed by atoms with van der Waals surface area (Å²) in [6.07, 6.45) is 1.95. The first kappa shape index (κ1) is 11.1. The average Bonchev–Trinajstić information content (AvgIpc) is 2.69. The van der Waals surface area contributed by atoms with Gasteiger partial charge in [0.2, 0.25) is 5.91 Å². The summed E-state index contributed by atoms with van der Waals surface area (Å²) in [6, 6.07) is 7.61. The van der Waals surface area contributed by atoms with Crippen LogP contribution in [0.5, 0.6) is 0 Å². The lowest BCUT2D eigenvalue weighted by Gasteiger charge is -2.19. The van der Waals surface area contributed by atoms with E-state index < -0.39 is 11.9 Å². The summed E-state index contributed by atoms with van der Waals surface area (Å²) in [6.45, 7) is -0.256. The Labute approximate surface area is 94.5 Å². The first-order chi connectivity index (χ1) is 7.72. The van der Waals surface area contributed by atoms with E-state index in [1.807, 2.05) is 12.1 Å². The number of fused-ring (bicyclic) bond motifs is 1. The number of carbonyl (C=O) groups excluding carboxylic acids is 1. The van der Waals surface area contributed by atoms with Crippen LogP contribution < -0.4 is 11.1 Å². The minimum absolute atomic E-state index is 0.126. The second kappa shape index (κ2) is 4.63. The first-order valence-electron chi connectivity index (χ1n) is 5.46. The zero-order valence-electron chi connectivity index (χ0n) is 9.02. The van der Waals surface area contributed by atoms with E-state index in [0.717, 1.165) is 12.8 Å². The van der Waals surface area contributed by atoms with E-state index in [4.69, 9.17) is 10.8 Å². The van der Waals surface area contributed by atoms with E-state index >= 15 is 0 Å². The van der Waals surface area contributed by atoms with Gasteiger partial charge < -0.3 is 10.8 Å². The summed E-state index contributed by atoms with van der Waals surface area (Å²) < 4.78 is 0. The van der Waals surface area contributed by atoms with Crippen LogP contribution in [0.25, 0.3) is 0 Å². The number of amides is 1. The molecule has 1 aliphatic rings. The zero-order valence-corrected chi connectivity index (χ0v) is 9.02. The number of hydrogen-bond acceptors (Lipinski definition) is 3. The van der Waals surface area contributed by atoms with Crippen molar-refractivity contribution in [3.05, 3.63) is 35.4 Å². The van der Waals surface area contributed by atoms with Gasteiger partial charge in [-0.25, -0.2) is 0 Å². The van der Waals surface area contributed by atoms with Crippen LogP contribution in [0.15, 0.2) is 24.3 Å². The lowest BCUT2D eigenvalue weighted by Crippen LogP contribution is -2.45. The van der Waals surface area contributed by atoms with Gasteiger partial charge in [0.25, 0.3) is 0 Å². The molecule has 0 radical (unpaired) electrons. The van der Waals surface area contributed by atoms with Gasteiger partial charge in [-0.3, -0.25) is 10.1 Å². The third kappa shape index (κ3) is 2.08. The number of nitrogens with two attached hydrogens (primary N) is 1. The highest BCUT2D eigenvalue weighted by Gasteiger charge is 2.25. The van der Waals surface area contributed by atoms with E-state index in [9.17, 15) is 4.79 Å². The topological polar surface area (TPSA) is 75.4 Å². The Morgan fingerprint density at radius 1 is 1.56 bits per heavy atom. The van der Waals surface area contributed by atoms with Crippen molar-refractivity contribution in [2.24, 2.45) is 5.73 Å². The van der Waals surface area contributed by atoms with Crippen molar-refractivity contribution in [2.75, 3.05) is 6.61 Å². The molecule has 1 amide bonds. The molecular weight excluding hydrogens is 204 g/mol. The number of benzene rings is 1. The molecule has 16 heavy (non-hydrogen) atoms. The van der Waals surface area contributed by atoms with Crippen molar-refractivity contribution in [2.45, 2.75) is 24.9 Å². The maximum Gasteiger partial charge on any atom is 0.236 e. The Hall–Kier alpha value is -1.39. The lowest BCUT2D eigenvalue weighted by atomic mass is 10.1. The lowest BCUT2D eigenvalue weighted by molar-refractivity contribution is -0.121. The fourth-order valence-corrected chi connectivity index (χ4v) is 2.20. The van der Waals surface area contributed by atoms with E-state index in [1.165, 1.54) is 11.1 Å². The van der Waals surface area contributed by atoms with Gasteiger partial charge in [-0.2, -0.15) is 0 Å². The predicted octanol–water partition coefficient (Wildman–Crippen LogP) is 0.110. The molecule has 0 heterocycles. The summed E-state index contributed by atoms with van der Waals surface area (Å²) in [5.41, 5.74) is 7.70. The van der Waals surface area contributed by atoms with Gasteiger partial charge in [0, 0.05) is 6.04 Å². The molecule has 0 spiro atoms. The molecule has 4 N–H and O–H groups in total. The number of aliphatic hydroxyl groups is 1. The maximum atomic E-state index is 11.0. The summed E-state index contributed by atoms with van der Waals surface area (Å²) in [5.74, 6) is -0.508. The molecule has 0 saturated carbocycles. The third-order valence-corrected chi connectivity index (χ3v) is 3.06. The van der Waals surface area contributed by atoms with Crippen LogP contribution in [-0.4, -0.2) is 23.7 Å². The van der Waals surface area contributed by atoms with Crippen molar-refractivity contribution < 1.29 is 9.90 Å². The largest absolute Gasteiger partial charge is 0.394 e. The van der Waals surface area contributed by atoms with Gasteiger partial charge >= 0.3 is 0 Å². The van der Waals surface area contributed by atoms with Gasteiger partial charge in [-0.15, -0.1) is 0 Å². The van der Waals surface area contributed by atoms with Gasteiger partial charge in [0.1, 0.15) is 6.04 Å². The number of aliphatic hydroxyl groups excluding tert-OH is 1. The Morgan fingerprint density at radius 2 is 2.31 bits per heavy atom. The molecule has 2 atom stereocenters. The van der Waals surface area contributed by atoms with Crippen LogP contribution in [-0.2, 0) is 11.2 Å². The quantitative estimate of drug-likeness (QED) is 0.674. The van der Waals surface area contributed by atoms with E-state index in [1.54, 1.807) is 0 Å². The van der Waals surface area contributed by atoms with Crippen LogP contribution in [0.3, 0.4) is 0 Å². The van der Waals surface area contributed by atoms with Crippen LogP contribution in [0.4, 0.5) is 0 Å². The maximum absolute atomic E-state index is 11.0. The Balaban J connectivity index is 2.11. The van der Waals surface area contributed by atoms with Gasteiger partial charge in [0.15, 0.2) is 0 Å². The molecule has 0 aromatic heterocycles. The number of hydrogen-bond donors (Lipinski definition) is 3. The molecule has 4 heteroatoms. The molecule has 1 aromatic carbocycles. The number of primary amides is 1. The highest BCUT2D eigenvalue weighted by atomic mass is 16.3. The molecule has 1 aromatic rings. The van der Waals surface area contributed by atoms with E-state index in [-0.39, 0.29) is 12.6 Å². The summed E-state index contributed by atoms with van der Waals surface area (Å²) in [4.78, 5) is 11.0. The van der Waals surface area contributed by atoms with Crippen molar-refractivity contribution in [1.29, 1.82) is 0 Å². The van der Waals surface area contributed by atoms with E-state index in [0.29, 0.717) is 0 Å².